The summed E-state index contributed by atoms with van der Waals surface area (Å²) in [5, 5.41) is 12.3. The molecule has 0 fully saturated rings. The topological polar surface area (TPSA) is 84.6 Å². The number of ether oxygens (including phenoxy) is 1. The van der Waals surface area contributed by atoms with Gasteiger partial charge in [-0.3, -0.25) is 4.79 Å². The Balaban J connectivity index is 2.74. The summed E-state index contributed by atoms with van der Waals surface area (Å²) in [4.78, 5) is 11.8. The summed E-state index contributed by atoms with van der Waals surface area (Å²) < 4.78 is 5.18. The van der Waals surface area contributed by atoms with E-state index in [4.69, 9.17) is 10.5 Å². The lowest BCUT2D eigenvalue weighted by Crippen LogP contribution is -2.39. The monoisotopic (exact) mass is 238 g/mol. The zero-order chi connectivity index (χ0) is 13.1. The van der Waals surface area contributed by atoms with Crippen molar-refractivity contribution in [1.82, 2.24) is 5.32 Å². The van der Waals surface area contributed by atoms with Crippen LogP contribution in [0.4, 0.5) is 5.69 Å². The molecule has 0 unspecified atom stereocenters. The Morgan fingerprint density at radius 3 is 2.76 bits per heavy atom. The van der Waals surface area contributed by atoms with Crippen LogP contribution in [0.2, 0.25) is 0 Å². The molecule has 0 heterocycles. The number of aromatic hydroxyl groups is 1. The first kappa shape index (κ1) is 13.3. The molecule has 1 rings (SSSR count). The summed E-state index contributed by atoms with van der Waals surface area (Å²) >= 11 is 0. The molecule has 1 aromatic carbocycles. The van der Waals surface area contributed by atoms with Gasteiger partial charge in [-0.25, -0.2) is 0 Å². The largest absolute Gasteiger partial charge is 0.505 e. The molecule has 17 heavy (non-hydrogen) atoms. The Morgan fingerprint density at radius 1 is 1.53 bits per heavy atom. The van der Waals surface area contributed by atoms with Crippen LogP contribution in [-0.2, 0) is 4.74 Å². The molecule has 1 amide bonds. The second-order valence-electron chi connectivity index (χ2n) is 4.39. The van der Waals surface area contributed by atoms with Crippen molar-refractivity contribution in [1.29, 1.82) is 0 Å². The highest BCUT2D eigenvalue weighted by Crippen LogP contribution is 2.24. The minimum Gasteiger partial charge on any atom is -0.505 e. The van der Waals surface area contributed by atoms with Crippen LogP contribution in [-0.4, -0.2) is 30.3 Å². The first-order valence-corrected chi connectivity index (χ1v) is 5.28. The van der Waals surface area contributed by atoms with Gasteiger partial charge in [0.1, 0.15) is 0 Å². The predicted molar refractivity (Wildman–Crippen MR) is 65.9 cm³/mol. The maximum absolute atomic E-state index is 11.8. The zero-order valence-electron chi connectivity index (χ0n) is 10.3. The van der Waals surface area contributed by atoms with Gasteiger partial charge in [0.15, 0.2) is 5.75 Å². The van der Waals surface area contributed by atoms with Crippen molar-refractivity contribution >= 4 is 11.6 Å². The SMILES string of the molecule is COC(C)(C)CNC(=O)c1cccc(N)c1O. The Hall–Kier alpha value is -1.75. The molecule has 0 aliphatic rings. The highest BCUT2D eigenvalue weighted by molar-refractivity contribution is 5.98. The van der Waals surface area contributed by atoms with Crippen LogP contribution in [0.1, 0.15) is 24.2 Å². The smallest absolute Gasteiger partial charge is 0.255 e. The standard InChI is InChI=1S/C12H18N2O3/c1-12(2,17-3)7-14-11(16)8-5-4-6-9(13)10(8)15/h4-6,15H,7,13H2,1-3H3,(H,14,16). The number of anilines is 1. The van der Waals surface area contributed by atoms with Crippen LogP contribution in [0.25, 0.3) is 0 Å². The number of hydrogen-bond acceptors (Lipinski definition) is 4. The summed E-state index contributed by atoms with van der Waals surface area (Å²) in [6.07, 6.45) is 0. The van der Waals surface area contributed by atoms with Gasteiger partial charge in [0, 0.05) is 13.7 Å². The van der Waals surface area contributed by atoms with Crippen molar-refractivity contribution in [2.24, 2.45) is 0 Å². The molecular weight excluding hydrogens is 220 g/mol. The van der Waals surface area contributed by atoms with Crippen LogP contribution in [0.3, 0.4) is 0 Å². The van der Waals surface area contributed by atoms with E-state index in [2.05, 4.69) is 5.32 Å². The number of benzene rings is 1. The Bertz CT molecular complexity index is 416. The van der Waals surface area contributed by atoms with E-state index < -0.39 is 5.60 Å². The lowest BCUT2D eigenvalue weighted by Gasteiger charge is -2.23. The number of hydrogen-bond donors (Lipinski definition) is 3. The molecule has 94 valence electrons. The van der Waals surface area contributed by atoms with Gasteiger partial charge in [-0.15, -0.1) is 0 Å². The fourth-order valence-corrected chi connectivity index (χ4v) is 1.21. The molecule has 0 aromatic heterocycles. The van der Waals surface area contributed by atoms with E-state index in [1.54, 1.807) is 13.2 Å². The van der Waals surface area contributed by atoms with Gasteiger partial charge in [-0.2, -0.15) is 0 Å². The number of amides is 1. The summed E-state index contributed by atoms with van der Waals surface area (Å²) in [5.74, 6) is -0.569. The lowest BCUT2D eigenvalue weighted by molar-refractivity contribution is 0.0228. The number of carbonyl (C=O) groups is 1. The third kappa shape index (κ3) is 3.35. The molecular formula is C12H18N2O3. The van der Waals surface area contributed by atoms with Gasteiger partial charge in [-0.1, -0.05) is 6.07 Å². The van der Waals surface area contributed by atoms with Crippen LogP contribution < -0.4 is 11.1 Å². The number of para-hydroxylation sites is 1. The molecule has 1 aromatic rings. The van der Waals surface area contributed by atoms with Gasteiger partial charge < -0.3 is 20.9 Å². The fraction of sp³-hybridized carbons (Fsp3) is 0.417. The van der Waals surface area contributed by atoms with Crippen molar-refractivity contribution in [3.8, 4) is 5.75 Å². The van der Waals surface area contributed by atoms with Gasteiger partial charge in [0.25, 0.3) is 5.91 Å². The van der Waals surface area contributed by atoms with Gasteiger partial charge in [0.2, 0.25) is 0 Å². The average Bonchev–Trinajstić information content (AvgIpc) is 2.30. The maximum Gasteiger partial charge on any atom is 0.255 e. The van der Waals surface area contributed by atoms with Crippen molar-refractivity contribution in [2.75, 3.05) is 19.4 Å². The first-order valence-electron chi connectivity index (χ1n) is 5.28. The first-order chi connectivity index (χ1) is 7.87. The molecule has 0 aliphatic heterocycles. The third-order valence-electron chi connectivity index (χ3n) is 2.54. The molecule has 0 radical (unpaired) electrons. The molecule has 0 saturated heterocycles. The van der Waals surface area contributed by atoms with Gasteiger partial charge in [0.05, 0.1) is 16.9 Å². The van der Waals surface area contributed by atoms with Crippen molar-refractivity contribution < 1.29 is 14.6 Å². The average molecular weight is 238 g/mol. The number of rotatable bonds is 4. The van der Waals surface area contributed by atoms with E-state index in [-0.39, 0.29) is 22.9 Å². The lowest BCUT2D eigenvalue weighted by atomic mass is 10.1. The Kier molecular flexibility index (Phi) is 3.96. The number of methoxy groups -OCH3 is 1. The Morgan fingerprint density at radius 2 is 2.18 bits per heavy atom. The van der Waals surface area contributed by atoms with E-state index in [0.717, 1.165) is 0 Å². The number of nitrogen functional groups attached to an aromatic ring is 1. The molecule has 5 nitrogen and oxygen atoms in total. The molecule has 4 N–H and O–H groups in total. The molecule has 0 saturated carbocycles. The fourth-order valence-electron chi connectivity index (χ4n) is 1.21. The second-order valence-corrected chi connectivity index (χ2v) is 4.39. The minimum atomic E-state index is -0.453. The number of phenols is 1. The van der Waals surface area contributed by atoms with Gasteiger partial charge in [-0.05, 0) is 26.0 Å². The zero-order valence-corrected chi connectivity index (χ0v) is 10.3. The van der Waals surface area contributed by atoms with Crippen molar-refractivity contribution in [3.63, 3.8) is 0 Å². The third-order valence-corrected chi connectivity index (χ3v) is 2.54. The summed E-state index contributed by atoms with van der Waals surface area (Å²) in [7, 11) is 1.57. The summed E-state index contributed by atoms with van der Waals surface area (Å²) in [5.41, 5.74) is 5.41. The highest BCUT2D eigenvalue weighted by atomic mass is 16.5. The summed E-state index contributed by atoms with van der Waals surface area (Å²) in [6.45, 7) is 4.05. The van der Waals surface area contributed by atoms with Crippen molar-refractivity contribution in [3.05, 3.63) is 23.8 Å². The molecule has 5 heteroatoms. The van der Waals surface area contributed by atoms with Crippen LogP contribution in [0.15, 0.2) is 18.2 Å². The van der Waals surface area contributed by atoms with E-state index in [9.17, 15) is 9.90 Å². The number of nitrogens with one attached hydrogen (secondary N) is 1. The van der Waals surface area contributed by atoms with E-state index in [1.165, 1.54) is 12.1 Å². The van der Waals surface area contributed by atoms with Crippen LogP contribution >= 0.6 is 0 Å². The number of phenolic OH excluding ortho intramolecular Hbond substituents is 1. The molecule has 0 aliphatic carbocycles. The Labute approximate surface area is 101 Å². The van der Waals surface area contributed by atoms with E-state index in [1.807, 2.05) is 13.8 Å². The molecule has 0 atom stereocenters. The normalized spacial score (nSPS) is 11.2. The maximum atomic E-state index is 11.8. The molecule has 0 bridgehead atoms. The predicted octanol–water partition coefficient (Wildman–Crippen LogP) is 1.13. The second kappa shape index (κ2) is 5.05. The highest BCUT2D eigenvalue weighted by Gasteiger charge is 2.19. The van der Waals surface area contributed by atoms with Gasteiger partial charge >= 0.3 is 0 Å². The van der Waals surface area contributed by atoms with Crippen LogP contribution in [0, 0.1) is 0 Å². The minimum absolute atomic E-state index is 0.164. The van der Waals surface area contributed by atoms with Crippen LogP contribution in [0.5, 0.6) is 5.75 Å². The van der Waals surface area contributed by atoms with Crippen molar-refractivity contribution in [2.45, 2.75) is 19.4 Å². The molecule has 0 spiro atoms. The van der Waals surface area contributed by atoms with E-state index in [0.29, 0.717) is 6.54 Å². The summed E-state index contributed by atoms with van der Waals surface area (Å²) in [6, 6.07) is 4.66. The number of carbonyl (C=O) groups excluding carboxylic acids is 1. The number of nitrogens with two attached hydrogens (primary N) is 1. The quantitative estimate of drug-likeness (QED) is 0.542. The van der Waals surface area contributed by atoms with E-state index >= 15 is 0 Å².